The number of nitro groups is 1. The number of nitrogens with zero attached hydrogens (tertiary/aromatic N) is 1. The minimum Gasteiger partial charge on any atom is -0.393 e. The molecule has 2 aromatic rings. The van der Waals surface area contributed by atoms with Crippen LogP contribution in [0.3, 0.4) is 0 Å². The van der Waals surface area contributed by atoms with Crippen molar-refractivity contribution >= 4 is 21.5 Å². The van der Waals surface area contributed by atoms with Gasteiger partial charge in [-0.25, -0.2) is 4.39 Å². The fourth-order valence-electron chi connectivity index (χ4n) is 1.55. The van der Waals surface area contributed by atoms with Gasteiger partial charge in [0, 0.05) is 0 Å². The Bertz CT molecular complexity index is 807. The number of nitrogens with two attached hydrogens (primary N) is 1. The van der Waals surface area contributed by atoms with Crippen molar-refractivity contribution in [2.75, 3.05) is 5.73 Å². The van der Waals surface area contributed by atoms with Crippen LogP contribution >= 0.6 is 0 Å². The van der Waals surface area contributed by atoms with Gasteiger partial charge in [-0.05, 0) is 24.3 Å². The summed E-state index contributed by atoms with van der Waals surface area (Å²) < 4.78 is 42.0. The molecule has 2 aromatic carbocycles. The smallest absolute Gasteiger partial charge is 0.342 e. The van der Waals surface area contributed by atoms with Crippen LogP contribution in [0.4, 0.5) is 15.8 Å². The van der Waals surface area contributed by atoms with Crippen LogP contribution < -0.4 is 9.92 Å². The molecule has 110 valence electrons. The Morgan fingerprint density at radius 2 is 1.86 bits per heavy atom. The third-order valence-corrected chi connectivity index (χ3v) is 3.79. The van der Waals surface area contributed by atoms with Gasteiger partial charge < -0.3 is 9.92 Å². The first kappa shape index (κ1) is 14.7. The molecule has 0 unspecified atom stereocenters. The van der Waals surface area contributed by atoms with E-state index in [9.17, 15) is 22.9 Å². The van der Waals surface area contributed by atoms with Gasteiger partial charge in [0.05, 0.1) is 11.0 Å². The number of nitrogen functional groups attached to an aromatic ring is 1. The minimum absolute atomic E-state index is 0.143. The average Bonchev–Trinajstić information content (AvgIpc) is 2.40. The van der Waals surface area contributed by atoms with Gasteiger partial charge in [0.1, 0.15) is 22.1 Å². The van der Waals surface area contributed by atoms with Gasteiger partial charge in [0.2, 0.25) is 0 Å². The first-order chi connectivity index (χ1) is 9.81. The van der Waals surface area contributed by atoms with Crippen molar-refractivity contribution in [2.24, 2.45) is 0 Å². The molecule has 9 heteroatoms. The van der Waals surface area contributed by atoms with Gasteiger partial charge in [0.15, 0.2) is 0 Å². The van der Waals surface area contributed by atoms with Gasteiger partial charge in [-0.15, -0.1) is 0 Å². The second-order valence-electron chi connectivity index (χ2n) is 3.95. The summed E-state index contributed by atoms with van der Waals surface area (Å²) in [5, 5.41) is 10.7. The van der Waals surface area contributed by atoms with E-state index in [0.717, 1.165) is 30.3 Å². The summed E-state index contributed by atoms with van der Waals surface area (Å²) in [6, 6.07) is 7.75. The Morgan fingerprint density at radius 1 is 1.19 bits per heavy atom. The molecule has 0 spiro atoms. The highest BCUT2D eigenvalue weighted by Crippen LogP contribution is 2.28. The third kappa shape index (κ3) is 3.08. The zero-order valence-corrected chi connectivity index (χ0v) is 11.2. The Labute approximate surface area is 119 Å². The molecular formula is C12H9FN2O5S. The van der Waals surface area contributed by atoms with Crippen molar-refractivity contribution in [3.05, 3.63) is 58.4 Å². The maximum atomic E-state index is 13.5. The molecule has 0 bridgehead atoms. The Hall–Kier alpha value is -2.68. The lowest BCUT2D eigenvalue weighted by Crippen LogP contribution is -2.11. The van der Waals surface area contributed by atoms with E-state index in [1.54, 1.807) is 0 Å². The average molecular weight is 312 g/mol. The predicted molar refractivity (Wildman–Crippen MR) is 71.7 cm³/mol. The van der Waals surface area contributed by atoms with Crippen molar-refractivity contribution in [2.45, 2.75) is 4.90 Å². The summed E-state index contributed by atoms with van der Waals surface area (Å²) >= 11 is 0. The quantitative estimate of drug-likeness (QED) is 0.400. The van der Waals surface area contributed by atoms with Crippen LogP contribution in [-0.2, 0) is 10.1 Å². The molecule has 2 rings (SSSR count). The number of rotatable bonds is 4. The van der Waals surface area contributed by atoms with Crippen LogP contribution in [0.2, 0.25) is 0 Å². The van der Waals surface area contributed by atoms with E-state index in [1.165, 1.54) is 12.1 Å². The van der Waals surface area contributed by atoms with Crippen molar-refractivity contribution in [1.29, 1.82) is 0 Å². The fraction of sp³-hybridized carbons (Fsp3) is 0. The Kier molecular flexibility index (Phi) is 3.76. The van der Waals surface area contributed by atoms with Crippen molar-refractivity contribution < 1.29 is 21.9 Å². The number of hydrogen-bond acceptors (Lipinski definition) is 6. The molecule has 0 fully saturated rings. The van der Waals surface area contributed by atoms with Gasteiger partial charge in [0.25, 0.3) is 5.69 Å². The van der Waals surface area contributed by atoms with Crippen LogP contribution in [0, 0.1) is 15.9 Å². The molecule has 7 nitrogen and oxygen atoms in total. The minimum atomic E-state index is -4.44. The van der Waals surface area contributed by atoms with E-state index in [1.807, 2.05) is 0 Å². The van der Waals surface area contributed by atoms with E-state index >= 15 is 0 Å². The van der Waals surface area contributed by atoms with Gasteiger partial charge in [-0.2, -0.15) is 8.42 Å². The van der Waals surface area contributed by atoms with Gasteiger partial charge in [-0.3, -0.25) is 10.1 Å². The normalized spacial score (nSPS) is 11.1. The fourth-order valence-corrected chi connectivity index (χ4v) is 2.55. The summed E-state index contributed by atoms with van der Waals surface area (Å²) in [5.74, 6) is -1.32. The Balaban J connectivity index is 2.40. The molecular weight excluding hydrogens is 303 g/mol. The van der Waals surface area contributed by atoms with E-state index in [2.05, 4.69) is 4.18 Å². The third-order valence-electron chi connectivity index (χ3n) is 2.51. The summed E-state index contributed by atoms with van der Waals surface area (Å²) in [4.78, 5) is 9.28. The zero-order chi connectivity index (χ0) is 15.6. The lowest BCUT2D eigenvalue weighted by molar-refractivity contribution is -0.383. The first-order valence-electron chi connectivity index (χ1n) is 5.54. The van der Waals surface area contributed by atoms with E-state index < -0.39 is 31.4 Å². The number of benzene rings is 2. The largest absolute Gasteiger partial charge is 0.393 e. The second kappa shape index (κ2) is 5.37. The SMILES string of the molecule is Nc1ccc(OS(=O)(=O)c2ccccc2F)cc1[N+](=O)[O-]. The summed E-state index contributed by atoms with van der Waals surface area (Å²) in [6.07, 6.45) is 0. The molecule has 0 aliphatic carbocycles. The maximum Gasteiger partial charge on any atom is 0.342 e. The summed E-state index contributed by atoms with van der Waals surface area (Å²) in [7, 11) is -4.44. The monoisotopic (exact) mass is 312 g/mol. The van der Waals surface area contributed by atoms with Crippen LogP contribution in [0.15, 0.2) is 47.4 Å². The number of nitro benzene ring substituents is 1. The Morgan fingerprint density at radius 3 is 2.48 bits per heavy atom. The summed E-state index contributed by atoms with van der Waals surface area (Å²) in [6.45, 7) is 0. The number of anilines is 1. The van der Waals surface area contributed by atoms with Crippen molar-refractivity contribution in [3.63, 3.8) is 0 Å². The first-order valence-corrected chi connectivity index (χ1v) is 6.95. The predicted octanol–water partition coefficient (Wildman–Crippen LogP) is 2.08. The van der Waals surface area contributed by atoms with Crippen LogP contribution in [0.25, 0.3) is 0 Å². The standard InChI is InChI=1S/C12H9FN2O5S/c13-9-3-1-2-4-12(9)21(18,19)20-8-5-6-10(14)11(7-8)15(16)17/h1-7H,14H2. The number of halogens is 1. The summed E-state index contributed by atoms with van der Waals surface area (Å²) in [5.41, 5.74) is 4.74. The molecule has 0 aromatic heterocycles. The highest BCUT2D eigenvalue weighted by atomic mass is 32.2. The highest BCUT2D eigenvalue weighted by Gasteiger charge is 2.22. The molecule has 0 saturated heterocycles. The maximum absolute atomic E-state index is 13.5. The molecule has 21 heavy (non-hydrogen) atoms. The highest BCUT2D eigenvalue weighted by molar-refractivity contribution is 7.87. The van der Waals surface area contributed by atoms with E-state index in [-0.39, 0.29) is 11.4 Å². The van der Waals surface area contributed by atoms with Gasteiger partial charge in [-0.1, -0.05) is 12.1 Å². The molecule has 0 aliphatic heterocycles. The molecule has 0 saturated carbocycles. The van der Waals surface area contributed by atoms with E-state index in [4.69, 9.17) is 5.73 Å². The second-order valence-corrected chi connectivity index (χ2v) is 5.46. The molecule has 0 aliphatic rings. The molecule has 0 amide bonds. The van der Waals surface area contributed by atoms with Crippen LogP contribution in [0.5, 0.6) is 5.75 Å². The molecule has 0 heterocycles. The molecule has 0 atom stereocenters. The van der Waals surface area contributed by atoms with Crippen LogP contribution in [0.1, 0.15) is 0 Å². The van der Waals surface area contributed by atoms with Gasteiger partial charge >= 0.3 is 10.1 Å². The molecule has 0 radical (unpaired) electrons. The van der Waals surface area contributed by atoms with Crippen molar-refractivity contribution in [3.8, 4) is 5.75 Å². The number of hydrogen-bond donors (Lipinski definition) is 1. The topological polar surface area (TPSA) is 113 Å². The molecule has 2 N–H and O–H groups in total. The van der Waals surface area contributed by atoms with Crippen LogP contribution in [-0.4, -0.2) is 13.3 Å². The zero-order valence-electron chi connectivity index (χ0n) is 10.4. The van der Waals surface area contributed by atoms with E-state index in [0.29, 0.717) is 0 Å². The lowest BCUT2D eigenvalue weighted by Gasteiger charge is -2.08. The van der Waals surface area contributed by atoms with Crippen molar-refractivity contribution in [1.82, 2.24) is 0 Å². The lowest BCUT2D eigenvalue weighted by atomic mass is 10.2.